The van der Waals surface area contributed by atoms with Crippen molar-refractivity contribution in [1.82, 2.24) is 0 Å². The SMILES string of the molecule is C=[C]c1ccc(Cl)c(CC)c1. The van der Waals surface area contributed by atoms with Crippen LogP contribution in [-0.4, -0.2) is 0 Å². The van der Waals surface area contributed by atoms with Gasteiger partial charge in [-0.3, -0.25) is 0 Å². The van der Waals surface area contributed by atoms with E-state index < -0.39 is 0 Å². The molecule has 1 rings (SSSR count). The molecule has 0 nitrogen and oxygen atoms in total. The highest BCUT2D eigenvalue weighted by molar-refractivity contribution is 6.31. The molecular formula is C10H10Cl. The Bertz CT molecular complexity index is 264. The van der Waals surface area contributed by atoms with Crippen molar-refractivity contribution in [2.24, 2.45) is 0 Å². The van der Waals surface area contributed by atoms with Crippen LogP contribution in [0.3, 0.4) is 0 Å². The van der Waals surface area contributed by atoms with Gasteiger partial charge in [-0.1, -0.05) is 31.2 Å². The van der Waals surface area contributed by atoms with Gasteiger partial charge in [0, 0.05) is 5.02 Å². The second-order valence-electron chi connectivity index (χ2n) is 2.34. The molecule has 0 amide bonds. The zero-order chi connectivity index (χ0) is 8.27. The minimum absolute atomic E-state index is 0.825. The first-order valence-electron chi connectivity index (χ1n) is 3.59. The van der Waals surface area contributed by atoms with E-state index in [1.807, 2.05) is 18.2 Å². The number of halogens is 1. The summed E-state index contributed by atoms with van der Waals surface area (Å²) < 4.78 is 0. The van der Waals surface area contributed by atoms with Crippen LogP contribution in [-0.2, 0) is 6.42 Å². The Morgan fingerprint density at radius 1 is 1.55 bits per heavy atom. The Hall–Kier alpha value is -0.750. The van der Waals surface area contributed by atoms with Crippen molar-refractivity contribution in [3.8, 4) is 0 Å². The quantitative estimate of drug-likeness (QED) is 0.631. The molecule has 11 heavy (non-hydrogen) atoms. The molecule has 1 aromatic rings. The molecule has 0 aliphatic carbocycles. The normalized spacial score (nSPS) is 9.64. The molecule has 0 aromatic heterocycles. The van der Waals surface area contributed by atoms with E-state index >= 15 is 0 Å². The Labute approximate surface area is 72.5 Å². The lowest BCUT2D eigenvalue weighted by molar-refractivity contribution is 1.14. The standard InChI is InChI=1S/C10H10Cl/c1-3-8-5-6-10(11)9(4-2)7-8/h5-7H,1,4H2,2H3. The van der Waals surface area contributed by atoms with Gasteiger partial charge in [-0.2, -0.15) is 0 Å². The third-order valence-electron chi connectivity index (χ3n) is 1.63. The van der Waals surface area contributed by atoms with Gasteiger partial charge in [0.2, 0.25) is 0 Å². The van der Waals surface area contributed by atoms with Gasteiger partial charge in [0.15, 0.2) is 0 Å². The fourth-order valence-corrected chi connectivity index (χ4v) is 1.21. The van der Waals surface area contributed by atoms with Gasteiger partial charge in [-0.05, 0) is 35.8 Å². The predicted molar refractivity (Wildman–Crippen MR) is 48.8 cm³/mol. The Morgan fingerprint density at radius 3 is 2.82 bits per heavy atom. The minimum atomic E-state index is 0.825. The zero-order valence-corrected chi connectivity index (χ0v) is 7.28. The molecular weight excluding hydrogens is 156 g/mol. The van der Waals surface area contributed by atoms with Crippen LogP contribution in [0.5, 0.6) is 0 Å². The van der Waals surface area contributed by atoms with E-state index in [9.17, 15) is 0 Å². The second-order valence-corrected chi connectivity index (χ2v) is 2.74. The van der Waals surface area contributed by atoms with Gasteiger partial charge in [0.1, 0.15) is 0 Å². The molecule has 0 N–H and O–H groups in total. The molecule has 0 saturated carbocycles. The number of benzene rings is 1. The van der Waals surface area contributed by atoms with E-state index in [1.54, 1.807) is 0 Å². The maximum atomic E-state index is 5.91. The minimum Gasteiger partial charge on any atom is -0.0906 e. The van der Waals surface area contributed by atoms with Gasteiger partial charge in [-0.25, -0.2) is 0 Å². The largest absolute Gasteiger partial charge is 0.0906 e. The highest BCUT2D eigenvalue weighted by Crippen LogP contribution is 2.17. The fraction of sp³-hybridized carbons (Fsp3) is 0.200. The van der Waals surface area contributed by atoms with Gasteiger partial charge in [0.05, 0.1) is 0 Å². The van der Waals surface area contributed by atoms with Crippen molar-refractivity contribution in [1.29, 1.82) is 0 Å². The Balaban J connectivity index is 3.12. The summed E-state index contributed by atoms with van der Waals surface area (Å²) in [5, 5.41) is 0.825. The van der Waals surface area contributed by atoms with E-state index in [-0.39, 0.29) is 0 Å². The number of aryl methyl sites for hydroxylation is 1. The van der Waals surface area contributed by atoms with E-state index in [0.29, 0.717) is 0 Å². The van der Waals surface area contributed by atoms with E-state index in [1.165, 1.54) is 0 Å². The summed E-state index contributed by atoms with van der Waals surface area (Å²) in [6.07, 6.45) is 3.77. The Morgan fingerprint density at radius 2 is 2.27 bits per heavy atom. The fourth-order valence-electron chi connectivity index (χ4n) is 0.956. The zero-order valence-electron chi connectivity index (χ0n) is 6.52. The number of rotatable bonds is 2. The third-order valence-corrected chi connectivity index (χ3v) is 2.00. The topological polar surface area (TPSA) is 0 Å². The maximum Gasteiger partial charge on any atom is 0.0438 e. The van der Waals surface area contributed by atoms with E-state index in [0.717, 1.165) is 22.6 Å². The van der Waals surface area contributed by atoms with Crippen LogP contribution in [0.25, 0.3) is 0 Å². The van der Waals surface area contributed by atoms with Crippen LogP contribution in [0.2, 0.25) is 5.02 Å². The predicted octanol–water partition coefficient (Wildman–Crippen LogP) is 3.24. The lowest BCUT2D eigenvalue weighted by Crippen LogP contribution is -1.83. The van der Waals surface area contributed by atoms with Gasteiger partial charge >= 0.3 is 0 Å². The van der Waals surface area contributed by atoms with Crippen molar-refractivity contribution in [3.05, 3.63) is 47.0 Å². The van der Waals surface area contributed by atoms with Crippen molar-refractivity contribution in [2.75, 3.05) is 0 Å². The van der Waals surface area contributed by atoms with Gasteiger partial charge in [-0.15, -0.1) is 0 Å². The number of hydrogen-bond donors (Lipinski definition) is 0. The first-order chi connectivity index (χ1) is 5.27. The lowest BCUT2D eigenvalue weighted by Gasteiger charge is -2.00. The molecule has 1 aromatic carbocycles. The van der Waals surface area contributed by atoms with Crippen LogP contribution in [0.1, 0.15) is 18.1 Å². The highest BCUT2D eigenvalue weighted by atomic mass is 35.5. The van der Waals surface area contributed by atoms with Crippen LogP contribution >= 0.6 is 11.6 Å². The van der Waals surface area contributed by atoms with Crippen LogP contribution in [0.4, 0.5) is 0 Å². The molecule has 0 saturated heterocycles. The van der Waals surface area contributed by atoms with Crippen LogP contribution in [0.15, 0.2) is 24.8 Å². The average molecular weight is 166 g/mol. The molecule has 0 aliphatic rings. The molecule has 1 radical (unpaired) electrons. The first-order valence-corrected chi connectivity index (χ1v) is 3.97. The summed E-state index contributed by atoms with van der Waals surface area (Å²) in [6, 6.07) is 5.80. The number of hydrogen-bond acceptors (Lipinski definition) is 0. The second kappa shape index (κ2) is 3.59. The van der Waals surface area contributed by atoms with Crippen LogP contribution in [0, 0.1) is 6.08 Å². The van der Waals surface area contributed by atoms with Crippen molar-refractivity contribution < 1.29 is 0 Å². The molecule has 0 heterocycles. The lowest BCUT2D eigenvalue weighted by atomic mass is 10.1. The summed E-state index contributed by atoms with van der Waals surface area (Å²) in [4.78, 5) is 0. The highest BCUT2D eigenvalue weighted by Gasteiger charge is 1.96. The summed E-state index contributed by atoms with van der Waals surface area (Å²) in [5.74, 6) is 0. The van der Waals surface area contributed by atoms with Crippen molar-refractivity contribution in [2.45, 2.75) is 13.3 Å². The summed E-state index contributed by atoms with van der Waals surface area (Å²) in [7, 11) is 0. The maximum absolute atomic E-state index is 5.91. The van der Waals surface area contributed by atoms with E-state index in [2.05, 4.69) is 19.6 Å². The van der Waals surface area contributed by atoms with Gasteiger partial charge < -0.3 is 0 Å². The molecule has 0 aliphatic heterocycles. The smallest absolute Gasteiger partial charge is 0.0438 e. The van der Waals surface area contributed by atoms with Crippen molar-refractivity contribution in [3.63, 3.8) is 0 Å². The van der Waals surface area contributed by atoms with Gasteiger partial charge in [0.25, 0.3) is 0 Å². The molecule has 0 atom stereocenters. The first kappa shape index (κ1) is 8.35. The third kappa shape index (κ3) is 1.84. The average Bonchev–Trinajstić information content (AvgIpc) is 2.05. The monoisotopic (exact) mass is 165 g/mol. The molecule has 1 heteroatoms. The molecule has 57 valence electrons. The summed E-state index contributed by atoms with van der Waals surface area (Å²) in [5.41, 5.74) is 2.16. The van der Waals surface area contributed by atoms with E-state index in [4.69, 9.17) is 11.6 Å². The van der Waals surface area contributed by atoms with Crippen LogP contribution < -0.4 is 0 Å². The van der Waals surface area contributed by atoms with Crippen molar-refractivity contribution >= 4 is 11.6 Å². The summed E-state index contributed by atoms with van der Waals surface area (Å²) >= 11 is 5.91. The molecule has 0 spiro atoms. The summed E-state index contributed by atoms with van der Waals surface area (Å²) in [6.45, 7) is 5.65. The Kier molecular flexibility index (Phi) is 2.72. The molecule has 0 fully saturated rings. The molecule has 0 unspecified atom stereocenters. The molecule has 0 bridgehead atoms.